The molecule has 0 saturated carbocycles. The molecule has 2 aromatic rings. The van der Waals surface area contributed by atoms with Crippen molar-refractivity contribution in [2.45, 2.75) is 50.3 Å². The third kappa shape index (κ3) is 11.2. The van der Waals surface area contributed by atoms with Crippen molar-refractivity contribution in [3.05, 3.63) is 54.1 Å². The maximum absolute atomic E-state index is 13.9. The summed E-state index contributed by atoms with van der Waals surface area (Å²) in [5.41, 5.74) is 1.20. The minimum atomic E-state index is -4.66. The molecule has 2 atom stereocenters. The molecule has 0 aliphatic rings. The first-order valence-electron chi connectivity index (χ1n) is 11.6. The number of sulfone groups is 1. The number of hydrogen-bond donors (Lipinski definition) is 2. The highest BCUT2D eigenvalue weighted by Gasteiger charge is 2.42. The van der Waals surface area contributed by atoms with Crippen LogP contribution in [-0.2, 0) is 14.6 Å². The van der Waals surface area contributed by atoms with E-state index < -0.39 is 34.0 Å². The molecule has 0 aliphatic heterocycles. The van der Waals surface area contributed by atoms with Crippen molar-refractivity contribution in [3.8, 4) is 17.2 Å². The molecule has 204 valence electrons. The SMILES string of the molecule is CC(C)C[C@H](NC(c1ccc(-c2ccc(S(C)(=O)=O)cc2)cc1)C(F)(F)F)C(=O)NCC#N.CCSC. The van der Waals surface area contributed by atoms with Crippen molar-refractivity contribution in [1.82, 2.24) is 10.6 Å². The maximum Gasteiger partial charge on any atom is 0.407 e. The zero-order valence-corrected chi connectivity index (χ0v) is 23.2. The molecule has 0 radical (unpaired) electrons. The number of rotatable bonds is 10. The first-order chi connectivity index (χ1) is 17.2. The Labute approximate surface area is 222 Å². The Morgan fingerprint density at radius 2 is 1.54 bits per heavy atom. The van der Waals surface area contributed by atoms with Gasteiger partial charge in [-0.2, -0.15) is 30.2 Å². The van der Waals surface area contributed by atoms with Gasteiger partial charge in [-0.1, -0.05) is 57.2 Å². The van der Waals surface area contributed by atoms with Crippen LogP contribution in [0.1, 0.15) is 38.8 Å². The van der Waals surface area contributed by atoms with Crippen molar-refractivity contribution in [2.75, 3.05) is 24.8 Å². The topological polar surface area (TPSA) is 99.1 Å². The molecule has 0 aromatic heterocycles. The number of hydrogen-bond acceptors (Lipinski definition) is 6. The van der Waals surface area contributed by atoms with Gasteiger partial charge in [0.05, 0.1) is 17.0 Å². The predicted molar refractivity (Wildman–Crippen MR) is 143 cm³/mol. The molecule has 0 saturated heterocycles. The van der Waals surface area contributed by atoms with Gasteiger partial charge in [0.15, 0.2) is 9.84 Å². The van der Waals surface area contributed by atoms with Crippen LogP contribution < -0.4 is 10.6 Å². The molecule has 37 heavy (non-hydrogen) atoms. The molecule has 11 heteroatoms. The Morgan fingerprint density at radius 3 is 1.92 bits per heavy atom. The maximum atomic E-state index is 13.9. The average Bonchev–Trinajstić information content (AvgIpc) is 2.84. The molecule has 1 unspecified atom stereocenters. The van der Waals surface area contributed by atoms with Gasteiger partial charge in [0.1, 0.15) is 12.6 Å². The number of thioether (sulfide) groups is 1. The van der Waals surface area contributed by atoms with Crippen LogP contribution in [0, 0.1) is 17.2 Å². The summed E-state index contributed by atoms with van der Waals surface area (Å²) >= 11 is 1.86. The lowest BCUT2D eigenvalue weighted by molar-refractivity contribution is -0.161. The van der Waals surface area contributed by atoms with Gasteiger partial charge in [-0.3, -0.25) is 10.1 Å². The quantitative estimate of drug-likeness (QED) is 0.381. The second-order valence-corrected chi connectivity index (χ2v) is 11.9. The summed E-state index contributed by atoms with van der Waals surface area (Å²) in [5, 5.41) is 13.4. The minimum Gasteiger partial charge on any atom is -0.342 e. The zero-order valence-electron chi connectivity index (χ0n) is 21.6. The van der Waals surface area contributed by atoms with Gasteiger partial charge in [0.2, 0.25) is 5.91 Å². The number of alkyl halides is 3. The average molecular weight is 558 g/mol. The fourth-order valence-electron chi connectivity index (χ4n) is 3.32. The van der Waals surface area contributed by atoms with Crippen LogP contribution in [-0.4, -0.2) is 51.4 Å². The number of carbonyl (C=O) groups is 1. The van der Waals surface area contributed by atoms with E-state index in [-0.39, 0.29) is 29.3 Å². The fourth-order valence-corrected chi connectivity index (χ4v) is 3.95. The molecule has 2 aromatic carbocycles. The minimum absolute atomic E-state index is 0.0542. The first-order valence-corrected chi connectivity index (χ1v) is 14.9. The molecular weight excluding hydrogens is 523 g/mol. The van der Waals surface area contributed by atoms with E-state index in [1.54, 1.807) is 32.0 Å². The Morgan fingerprint density at radius 1 is 1.05 bits per heavy atom. The predicted octanol–water partition coefficient (Wildman–Crippen LogP) is 5.37. The molecule has 2 rings (SSSR count). The van der Waals surface area contributed by atoms with Crippen LogP contribution in [0.25, 0.3) is 11.1 Å². The number of halogens is 3. The summed E-state index contributed by atoms with van der Waals surface area (Å²) < 4.78 is 64.9. The monoisotopic (exact) mass is 557 g/mol. The largest absolute Gasteiger partial charge is 0.407 e. The van der Waals surface area contributed by atoms with E-state index in [2.05, 4.69) is 23.8 Å². The zero-order chi connectivity index (χ0) is 28.2. The number of nitriles is 1. The first kappa shape index (κ1) is 32.5. The summed E-state index contributed by atoms with van der Waals surface area (Å²) in [5.74, 6) is 0.517. The van der Waals surface area contributed by atoms with Crippen molar-refractivity contribution >= 4 is 27.5 Å². The number of nitrogens with zero attached hydrogens (tertiary/aromatic N) is 1. The van der Waals surface area contributed by atoms with Gasteiger partial charge >= 0.3 is 6.18 Å². The van der Waals surface area contributed by atoms with E-state index in [1.807, 2.05) is 11.8 Å². The van der Waals surface area contributed by atoms with E-state index in [1.165, 1.54) is 42.2 Å². The van der Waals surface area contributed by atoms with Crippen molar-refractivity contribution in [2.24, 2.45) is 5.92 Å². The van der Waals surface area contributed by atoms with Crippen LogP contribution in [0.3, 0.4) is 0 Å². The van der Waals surface area contributed by atoms with Gasteiger partial charge in [0, 0.05) is 6.26 Å². The second-order valence-electron chi connectivity index (χ2n) is 8.70. The summed E-state index contributed by atoms with van der Waals surface area (Å²) in [6.07, 6.45) is -1.31. The Balaban J connectivity index is 0.00000159. The highest BCUT2D eigenvalue weighted by molar-refractivity contribution is 7.98. The molecule has 0 fully saturated rings. The van der Waals surface area contributed by atoms with Crippen molar-refractivity contribution in [3.63, 3.8) is 0 Å². The van der Waals surface area contributed by atoms with Crippen LogP contribution in [0.2, 0.25) is 0 Å². The van der Waals surface area contributed by atoms with Crippen LogP contribution in [0.5, 0.6) is 0 Å². The normalized spacial score (nSPS) is 13.2. The van der Waals surface area contributed by atoms with Gasteiger partial charge < -0.3 is 5.32 Å². The number of amides is 1. The van der Waals surface area contributed by atoms with Gasteiger partial charge in [-0.25, -0.2) is 8.42 Å². The third-order valence-corrected chi connectivity index (χ3v) is 6.91. The lowest BCUT2D eigenvalue weighted by Crippen LogP contribution is -2.49. The summed E-state index contributed by atoms with van der Waals surface area (Å²) in [4.78, 5) is 12.5. The van der Waals surface area contributed by atoms with E-state index in [0.29, 0.717) is 11.1 Å². The molecule has 1 amide bonds. The summed E-state index contributed by atoms with van der Waals surface area (Å²) in [7, 11) is -3.35. The molecule has 0 bridgehead atoms. The Bertz CT molecular complexity index is 1130. The summed E-state index contributed by atoms with van der Waals surface area (Å²) in [6.45, 7) is 5.43. The van der Waals surface area contributed by atoms with E-state index >= 15 is 0 Å². The Kier molecular flexibility index (Phi) is 13.2. The number of nitrogens with one attached hydrogen (secondary N) is 2. The van der Waals surface area contributed by atoms with Crippen LogP contribution in [0.15, 0.2) is 53.4 Å². The fraction of sp³-hybridized carbons (Fsp3) is 0.462. The molecular formula is C26H34F3N3O3S2. The molecule has 0 spiro atoms. The highest BCUT2D eigenvalue weighted by Crippen LogP contribution is 2.34. The molecule has 2 N–H and O–H groups in total. The summed E-state index contributed by atoms with van der Waals surface area (Å²) in [6, 6.07) is 10.2. The van der Waals surface area contributed by atoms with Crippen LogP contribution >= 0.6 is 11.8 Å². The van der Waals surface area contributed by atoms with E-state index in [4.69, 9.17) is 5.26 Å². The van der Waals surface area contributed by atoms with Crippen LogP contribution in [0.4, 0.5) is 13.2 Å². The smallest absolute Gasteiger partial charge is 0.342 e. The van der Waals surface area contributed by atoms with Crippen molar-refractivity contribution in [1.29, 1.82) is 5.26 Å². The lowest BCUT2D eigenvalue weighted by atomic mass is 9.97. The molecule has 0 heterocycles. The Hall–Kier alpha value is -2.55. The molecule has 0 aliphatic carbocycles. The standard InChI is InChI=1S/C23H26F3N3O3S.C3H8S/c1-15(2)14-20(22(30)28-13-12-27)29-21(23(24,25)26)18-6-4-16(5-7-18)17-8-10-19(11-9-17)33(3,31)32;1-3-4-2/h4-11,15,20-21,29H,13-14H2,1-3H3,(H,28,30);3H2,1-2H3/t20-,21?;/m0./s1. The highest BCUT2D eigenvalue weighted by atomic mass is 32.2. The third-order valence-electron chi connectivity index (χ3n) is 5.21. The second kappa shape index (κ2) is 15.0. The number of benzene rings is 2. The van der Waals surface area contributed by atoms with E-state index in [9.17, 15) is 26.4 Å². The van der Waals surface area contributed by atoms with E-state index in [0.717, 1.165) is 6.26 Å². The number of carbonyl (C=O) groups excluding carboxylic acids is 1. The van der Waals surface area contributed by atoms with Crippen molar-refractivity contribution < 1.29 is 26.4 Å². The molecule has 6 nitrogen and oxygen atoms in total. The lowest BCUT2D eigenvalue weighted by Gasteiger charge is -2.28. The van der Waals surface area contributed by atoms with Gasteiger partial charge in [0.25, 0.3) is 0 Å². The van der Waals surface area contributed by atoms with Gasteiger partial charge in [-0.05, 0) is 53.2 Å². The van der Waals surface area contributed by atoms with Gasteiger partial charge in [-0.15, -0.1) is 0 Å².